The third kappa shape index (κ3) is 20.1. The first-order chi connectivity index (χ1) is 49.8. The Kier molecular flexibility index (Phi) is 25.1. The number of Topliss-reactive ketones (excluding diaryl/α,β-unsaturated/α-hetero) is 2. The van der Waals surface area contributed by atoms with E-state index in [2.05, 4.69) is 30.6 Å². The molecule has 540 valence electrons. The zero-order chi connectivity index (χ0) is 72.0. The second kappa shape index (κ2) is 34.8. The number of benzene rings is 6. The van der Waals surface area contributed by atoms with Gasteiger partial charge < -0.3 is 44.1 Å². The van der Waals surface area contributed by atoms with Gasteiger partial charge >= 0.3 is 0 Å². The van der Waals surface area contributed by atoms with Gasteiger partial charge in [0.2, 0.25) is 45.2 Å². The molecule has 3 aromatic heterocycles. The maximum Gasteiger partial charge on any atom is 0.266 e. The van der Waals surface area contributed by atoms with Crippen molar-refractivity contribution < 1.29 is 55.5 Å². The van der Waals surface area contributed by atoms with Crippen LogP contribution in [0.5, 0.6) is 0 Å². The number of hydrogen-bond donors (Lipinski definition) is 4. The zero-order valence-electron chi connectivity index (χ0n) is 57.6. The zero-order valence-corrected chi connectivity index (χ0v) is 60.7. The number of thiazole rings is 1. The van der Waals surface area contributed by atoms with Crippen LogP contribution in [0.2, 0.25) is 10.0 Å². The minimum Gasteiger partial charge on any atom is -0.434 e. The highest BCUT2D eigenvalue weighted by molar-refractivity contribution is 7.88. The summed E-state index contributed by atoms with van der Waals surface area (Å²) in [4.78, 5) is 103. The number of oxazole rings is 2. The van der Waals surface area contributed by atoms with Crippen molar-refractivity contribution in [3.63, 3.8) is 0 Å². The van der Waals surface area contributed by atoms with E-state index in [1.807, 2.05) is 116 Å². The van der Waals surface area contributed by atoms with E-state index in [1.165, 1.54) is 11.3 Å². The molecule has 4 aliphatic rings. The van der Waals surface area contributed by atoms with Crippen molar-refractivity contribution in [2.75, 3.05) is 32.4 Å². The number of nitrogens with zero attached hydrogens (tertiary/aromatic N) is 5. The summed E-state index contributed by atoms with van der Waals surface area (Å²) in [5.41, 5.74) is 6.34. The number of aromatic nitrogens is 3. The summed E-state index contributed by atoms with van der Waals surface area (Å²) >= 11 is 13.8. The molecule has 4 amide bonds. The molecule has 1 saturated carbocycles. The first-order valence-electron chi connectivity index (χ1n) is 35.3. The van der Waals surface area contributed by atoms with Crippen molar-refractivity contribution in [1.29, 1.82) is 0 Å². The Morgan fingerprint density at radius 2 is 1.11 bits per heavy atom. The summed E-state index contributed by atoms with van der Waals surface area (Å²) in [5, 5.41) is 11.7. The predicted octanol–water partition coefficient (Wildman–Crippen LogP) is 11.9. The molecule has 21 nitrogen and oxygen atoms in total. The first kappa shape index (κ1) is 74.2. The molecule has 103 heavy (non-hydrogen) atoms. The molecular weight excluding hydrogens is 1390 g/mol. The maximum absolute atomic E-state index is 14.3. The van der Waals surface area contributed by atoms with Crippen molar-refractivity contribution in [2.45, 2.75) is 158 Å². The first-order valence-corrected chi connectivity index (χ1v) is 38.7. The Labute approximate surface area is 613 Å². The Bertz CT molecular complexity index is 4440. The van der Waals surface area contributed by atoms with Gasteiger partial charge in [-0.05, 0) is 129 Å². The number of ketones is 2. The van der Waals surface area contributed by atoms with Gasteiger partial charge in [0, 0.05) is 53.2 Å². The second-order valence-electron chi connectivity index (χ2n) is 27.1. The molecule has 4 N–H and O–H groups in total. The van der Waals surface area contributed by atoms with Crippen molar-refractivity contribution >= 4 is 102 Å². The topological polar surface area (TPSA) is 275 Å². The highest BCUT2D eigenvalue weighted by Gasteiger charge is 2.45. The van der Waals surface area contributed by atoms with E-state index in [1.54, 1.807) is 64.8 Å². The molecule has 7 atom stereocenters. The number of carbonyl (C=O) groups excluding carboxylic acids is 6. The van der Waals surface area contributed by atoms with Crippen LogP contribution in [0.4, 0.5) is 0 Å². The predicted molar refractivity (Wildman–Crippen MR) is 394 cm³/mol. The van der Waals surface area contributed by atoms with E-state index in [0.29, 0.717) is 69.9 Å². The molecular formula is C78H85Cl2N9O12S2. The lowest BCUT2D eigenvalue weighted by atomic mass is 9.84. The number of nitrogens with one attached hydrogen (secondary N) is 4. The van der Waals surface area contributed by atoms with Crippen molar-refractivity contribution in [1.82, 2.24) is 45.4 Å². The number of aryl methyl sites for hydroxylation is 2. The number of likely N-dealkylation sites (tertiary alicyclic amines) is 2. The van der Waals surface area contributed by atoms with Crippen molar-refractivity contribution in [2.24, 2.45) is 5.92 Å². The molecule has 3 saturated heterocycles. The number of rotatable bonds is 27. The molecule has 9 aromatic rings. The number of ether oxygens (including phenoxy) is 2. The van der Waals surface area contributed by atoms with Crippen molar-refractivity contribution in [3.8, 4) is 0 Å². The standard InChI is InChI=1S/C39H46ClN5O5S.C39H39ClN4O7S/c1-24-31(44-39(51-24)27-15-17-41-18-16-27)21-35(46)45-22-29(49-23-26-11-13-28(40)14-12-26)20-33(45)37(48)42-32(19-25-7-3-2-4-8-25)36(47)38-43-30-9-5-6-10-34(30)50-38;1-52(48,49)43-32(21-18-26-10-4-2-5-11-26)39(47)44-24-30(50-25-28-16-19-29(40)20-17-28)23-34(44)37(46)41-33(22-27-12-6-3-7-13-27)36(45)38-42-31-14-8-9-15-35(31)51-38/h5-6,9-14,25,27,29,32-33,41H,2-4,7-8,15-23H2,1H3,(H,42,48);2-17,19-20,30,32-34,43H,18,21-25H2,1H3,(H,41,46)/t29-,32+,33+;30-,32-,33+,34+/m11/s1. The minimum absolute atomic E-state index is 0.00982. The van der Waals surface area contributed by atoms with Crippen LogP contribution < -0.4 is 20.7 Å². The Morgan fingerprint density at radius 3 is 1.66 bits per heavy atom. The van der Waals surface area contributed by atoms with E-state index in [9.17, 15) is 37.2 Å². The fourth-order valence-electron chi connectivity index (χ4n) is 14.0. The molecule has 6 heterocycles. The lowest BCUT2D eigenvalue weighted by molar-refractivity contribution is -0.140. The van der Waals surface area contributed by atoms with Gasteiger partial charge in [0.25, 0.3) is 11.8 Å². The average molecular weight is 1480 g/mol. The monoisotopic (exact) mass is 1470 g/mol. The van der Waals surface area contributed by atoms with Gasteiger partial charge in [0.05, 0.1) is 54.8 Å². The smallest absolute Gasteiger partial charge is 0.266 e. The maximum atomic E-state index is 14.3. The minimum atomic E-state index is -3.81. The normalized spacial score (nSPS) is 19.0. The van der Waals surface area contributed by atoms with Crippen LogP contribution in [0.1, 0.15) is 136 Å². The number of hydrogen-bond acceptors (Lipinski definition) is 17. The van der Waals surface area contributed by atoms with E-state index >= 15 is 0 Å². The lowest BCUT2D eigenvalue weighted by Gasteiger charge is -2.29. The number of carbonyl (C=O) groups is 6. The van der Waals surface area contributed by atoms with Crippen LogP contribution in [0.25, 0.3) is 22.2 Å². The SMILES string of the molecule is CS(=O)(=O)N[C@H](CCc1ccccc1)C(=O)N1C[C@H](OCc2ccc(Cl)cc2)C[C@H]1C(=O)N[C@@H](Cc1ccccc1)C(=O)c1nc2ccccc2o1.Cc1sc(C2CCNCC2)nc1CC(=O)N1C[C@H](OCc2ccc(Cl)cc2)C[C@H]1C(=O)N[C@@H](CC1CCCCC1)C(=O)c1nc2ccccc2o1. The molecule has 13 rings (SSSR count). The number of piperidine rings is 1. The van der Waals surface area contributed by atoms with E-state index in [-0.39, 0.29) is 80.9 Å². The molecule has 1 aliphatic carbocycles. The number of halogens is 2. The van der Waals surface area contributed by atoms with Gasteiger partial charge in [-0.2, -0.15) is 0 Å². The van der Waals surface area contributed by atoms with Crippen LogP contribution in [0, 0.1) is 12.8 Å². The van der Waals surface area contributed by atoms with Gasteiger partial charge in [-0.15, -0.1) is 11.3 Å². The van der Waals surface area contributed by atoms with Gasteiger partial charge in [-0.3, -0.25) is 28.8 Å². The molecule has 6 aromatic carbocycles. The van der Waals surface area contributed by atoms with Crippen LogP contribution in [0.3, 0.4) is 0 Å². The summed E-state index contributed by atoms with van der Waals surface area (Å²) in [6.07, 6.45) is 9.28. The molecule has 25 heteroatoms. The largest absolute Gasteiger partial charge is 0.434 e. The Morgan fingerprint density at radius 1 is 0.602 bits per heavy atom. The van der Waals surface area contributed by atoms with E-state index in [4.69, 9.17) is 46.5 Å². The van der Waals surface area contributed by atoms with Gasteiger partial charge in [-0.25, -0.2) is 28.1 Å². The van der Waals surface area contributed by atoms with Gasteiger partial charge in [0.15, 0.2) is 11.2 Å². The molecule has 3 aliphatic heterocycles. The summed E-state index contributed by atoms with van der Waals surface area (Å²) in [7, 11) is -3.81. The third-order valence-corrected chi connectivity index (χ3v) is 21.9. The third-order valence-electron chi connectivity index (χ3n) is 19.5. The van der Waals surface area contributed by atoms with E-state index in [0.717, 1.165) is 95.7 Å². The summed E-state index contributed by atoms with van der Waals surface area (Å²) < 4.78 is 51.6. The van der Waals surface area contributed by atoms with Crippen LogP contribution in [-0.2, 0) is 71.2 Å². The molecule has 0 radical (unpaired) electrons. The fraction of sp³-hybridized carbons (Fsp3) is 0.397. The average Bonchev–Trinajstić information content (AvgIpc) is 1.65. The Balaban J connectivity index is 0.000000194. The Hall–Kier alpha value is -8.52. The number of fused-ring (bicyclic) bond motifs is 2. The number of amides is 4. The van der Waals surface area contributed by atoms with Crippen LogP contribution in [-0.4, -0.2) is 143 Å². The van der Waals surface area contributed by atoms with Gasteiger partial charge in [-0.1, -0.05) is 165 Å². The number of para-hydroxylation sites is 4. The summed E-state index contributed by atoms with van der Waals surface area (Å²) in [6, 6.07) is 42.5. The molecule has 4 fully saturated rings. The van der Waals surface area contributed by atoms with Gasteiger partial charge in [0.1, 0.15) is 35.2 Å². The quantitative estimate of drug-likeness (QED) is 0.0348. The molecule has 0 spiro atoms. The van der Waals surface area contributed by atoms with Crippen molar-refractivity contribution in [3.05, 3.63) is 217 Å². The highest BCUT2D eigenvalue weighted by Crippen LogP contribution is 2.34. The van der Waals surface area contributed by atoms with E-state index < -0.39 is 63.9 Å². The fourth-order valence-corrected chi connectivity index (χ4v) is 16.1. The number of sulfonamides is 1. The molecule has 0 unspecified atom stereocenters. The van der Waals surface area contributed by atoms with Crippen LogP contribution in [0.15, 0.2) is 167 Å². The molecule has 0 bridgehead atoms. The second-order valence-corrected chi connectivity index (χ2v) is 31.0. The summed E-state index contributed by atoms with van der Waals surface area (Å²) in [6.45, 7) is 4.77. The lowest BCUT2D eigenvalue weighted by Crippen LogP contribution is -2.55. The van der Waals surface area contributed by atoms with Crippen LogP contribution >= 0.6 is 34.5 Å². The summed E-state index contributed by atoms with van der Waals surface area (Å²) in [5.74, 6) is -2.02. The highest BCUT2D eigenvalue weighted by atomic mass is 35.5.